The number of para-hydroxylation sites is 1. The van der Waals surface area contributed by atoms with E-state index in [0.717, 1.165) is 18.6 Å². The van der Waals surface area contributed by atoms with Gasteiger partial charge in [-0.1, -0.05) is 30.3 Å². The Hall–Kier alpha value is -2.87. The fourth-order valence-electron chi connectivity index (χ4n) is 3.70. The zero-order valence-corrected chi connectivity index (χ0v) is 16.8. The van der Waals surface area contributed by atoms with Crippen LogP contribution in [0.25, 0.3) is 0 Å². The average Bonchev–Trinajstić information content (AvgIpc) is 3.03. The van der Waals surface area contributed by atoms with Gasteiger partial charge >= 0.3 is 0 Å². The van der Waals surface area contributed by atoms with Crippen LogP contribution in [0, 0.1) is 5.92 Å². The van der Waals surface area contributed by atoms with E-state index in [1.807, 2.05) is 35.2 Å². The lowest BCUT2D eigenvalue weighted by atomic mass is 9.96. The van der Waals surface area contributed by atoms with Crippen LogP contribution in [0.5, 0.6) is 5.75 Å². The van der Waals surface area contributed by atoms with Crippen LogP contribution in [-0.4, -0.2) is 51.3 Å². The number of ether oxygens (including phenoxy) is 1. The van der Waals surface area contributed by atoms with Crippen LogP contribution in [0.15, 0.2) is 63.9 Å². The van der Waals surface area contributed by atoms with Crippen LogP contribution in [-0.2, 0) is 14.8 Å². The summed E-state index contributed by atoms with van der Waals surface area (Å²) < 4.78 is 34.2. The van der Waals surface area contributed by atoms with Crippen LogP contribution in [0.2, 0.25) is 0 Å². The third-order valence-corrected chi connectivity index (χ3v) is 6.44. The maximum absolute atomic E-state index is 12.6. The standard InChI is InChI=1S/C21H23N3O4S/c25-21(22-12-14-28-17-8-2-1-3-9-17)16-7-6-13-24(15-16)20-18-10-4-5-11-19(18)29(26,27)23-20/h1-5,8-11,16H,6-7,12-15H2,(H,22,25). The predicted molar refractivity (Wildman–Crippen MR) is 109 cm³/mol. The molecule has 8 heteroatoms. The van der Waals surface area contributed by atoms with Gasteiger partial charge in [-0.15, -0.1) is 4.40 Å². The summed E-state index contributed by atoms with van der Waals surface area (Å²) in [5.41, 5.74) is 0.616. The summed E-state index contributed by atoms with van der Waals surface area (Å²) in [4.78, 5) is 14.7. The Labute approximate surface area is 170 Å². The van der Waals surface area contributed by atoms with Gasteiger partial charge < -0.3 is 15.0 Å². The Morgan fingerprint density at radius 1 is 1.14 bits per heavy atom. The van der Waals surface area contributed by atoms with Crippen molar-refractivity contribution in [3.8, 4) is 5.75 Å². The van der Waals surface area contributed by atoms with E-state index >= 15 is 0 Å². The molecule has 2 aliphatic rings. The number of likely N-dealkylation sites (tertiary alicyclic amines) is 1. The Kier molecular flexibility index (Phi) is 5.53. The van der Waals surface area contributed by atoms with Gasteiger partial charge in [-0.25, -0.2) is 0 Å². The summed E-state index contributed by atoms with van der Waals surface area (Å²) in [6.07, 6.45) is 1.57. The number of carbonyl (C=O) groups is 1. The van der Waals surface area contributed by atoms with E-state index in [4.69, 9.17) is 4.74 Å². The molecule has 0 radical (unpaired) electrons. The van der Waals surface area contributed by atoms with Crippen LogP contribution >= 0.6 is 0 Å². The smallest absolute Gasteiger partial charge is 0.285 e. The monoisotopic (exact) mass is 413 g/mol. The summed E-state index contributed by atoms with van der Waals surface area (Å²) in [5, 5.41) is 2.92. The topological polar surface area (TPSA) is 88.1 Å². The number of piperidine rings is 1. The Balaban J connectivity index is 1.34. The maximum Gasteiger partial charge on any atom is 0.285 e. The molecule has 1 amide bonds. The molecule has 2 aromatic rings. The Bertz CT molecular complexity index is 1020. The number of nitrogens with one attached hydrogen (secondary N) is 1. The van der Waals surface area contributed by atoms with E-state index in [2.05, 4.69) is 9.71 Å². The molecule has 0 spiro atoms. The summed E-state index contributed by atoms with van der Waals surface area (Å²) in [6.45, 7) is 1.95. The van der Waals surface area contributed by atoms with E-state index in [0.29, 0.717) is 37.6 Å². The lowest BCUT2D eigenvalue weighted by molar-refractivity contribution is -0.126. The molecule has 0 bridgehead atoms. The molecule has 2 aromatic carbocycles. The zero-order chi connectivity index (χ0) is 20.3. The lowest BCUT2D eigenvalue weighted by Crippen LogP contribution is -2.46. The second-order valence-corrected chi connectivity index (χ2v) is 8.70. The highest BCUT2D eigenvalue weighted by Crippen LogP contribution is 2.29. The number of amidine groups is 1. The van der Waals surface area contributed by atoms with E-state index in [1.54, 1.807) is 24.3 Å². The molecular weight excluding hydrogens is 390 g/mol. The first-order valence-electron chi connectivity index (χ1n) is 9.69. The van der Waals surface area contributed by atoms with Crippen LogP contribution in [0.4, 0.5) is 0 Å². The van der Waals surface area contributed by atoms with Gasteiger partial charge in [0.05, 0.1) is 12.5 Å². The normalized spacial score (nSPS) is 19.9. The van der Waals surface area contributed by atoms with Crippen molar-refractivity contribution in [3.05, 3.63) is 60.2 Å². The van der Waals surface area contributed by atoms with E-state index in [9.17, 15) is 13.2 Å². The minimum atomic E-state index is -3.66. The van der Waals surface area contributed by atoms with Crippen molar-refractivity contribution in [1.82, 2.24) is 10.2 Å². The molecule has 0 saturated carbocycles. The van der Waals surface area contributed by atoms with Crippen LogP contribution in [0.1, 0.15) is 18.4 Å². The third-order valence-electron chi connectivity index (χ3n) is 5.12. The first-order chi connectivity index (χ1) is 14.0. The number of benzene rings is 2. The SMILES string of the molecule is O=C(NCCOc1ccccc1)C1CCCN(C2=NS(=O)(=O)c3ccccc32)C1. The largest absolute Gasteiger partial charge is 0.492 e. The van der Waals surface area contributed by atoms with Gasteiger partial charge in [-0.3, -0.25) is 4.79 Å². The molecule has 152 valence electrons. The number of sulfonamides is 1. The van der Waals surface area contributed by atoms with Gasteiger partial charge in [0.15, 0.2) is 5.84 Å². The fourth-order valence-corrected chi connectivity index (χ4v) is 4.93. The Morgan fingerprint density at radius 2 is 1.90 bits per heavy atom. The maximum atomic E-state index is 12.6. The molecule has 1 saturated heterocycles. The zero-order valence-electron chi connectivity index (χ0n) is 16.0. The molecule has 1 N–H and O–H groups in total. The molecule has 2 heterocycles. The van der Waals surface area contributed by atoms with Crippen LogP contribution in [0.3, 0.4) is 0 Å². The van der Waals surface area contributed by atoms with Crippen molar-refractivity contribution in [3.63, 3.8) is 0 Å². The van der Waals surface area contributed by atoms with Gasteiger partial charge in [-0.05, 0) is 37.1 Å². The van der Waals surface area contributed by atoms with Crippen molar-refractivity contribution in [2.45, 2.75) is 17.7 Å². The quantitative estimate of drug-likeness (QED) is 0.758. The number of rotatable bonds is 5. The molecule has 0 aromatic heterocycles. The molecule has 0 aliphatic carbocycles. The Morgan fingerprint density at radius 3 is 2.72 bits per heavy atom. The van der Waals surface area contributed by atoms with Crippen molar-refractivity contribution < 1.29 is 17.9 Å². The summed E-state index contributed by atoms with van der Waals surface area (Å²) in [5.74, 6) is 0.968. The van der Waals surface area contributed by atoms with Crippen LogP contribution < -0.4 is 10.1 Å². The van der Waals surface area contributed by atoms with Gasteiger partial charge in [0, 0.05) is 18.7 Å². The molecule has 2 aliphatic heterocycles. The van der Waals surface area contributed by atoms with Crippen molar-refractivity contribution >= 4 is 21.8 Å². The lowest BCUT2D eigenvalue weighted by Gasteiger charge is -2.33. The highest BCUT2D eigenvalue weighted by molar-refractivity contribution is 7.90. The minimum absolute atomic E-state index is 0.0406. The van der Waals surface area contributed by atoms with E-state index in [1.165, 1.54) is 0 Å². The molecule has 1 fully saturated rings. The number of fused-ring (bicyclic) bond motifs is 1. The molecule has 29 heavy (non-hydrogen) atoms. The van der Waals surface area contributed by atoms with E-state index < -0.39 is 10.0 Å². The number of nitrogens with zero attached hydrogens (tertiary/aromatic N) is 2. The summed E-state index contributed by atoms with van der Waals surface area (Å²) in [6, 6.07) is 16.3. The number of hydrogen-bond donors (Lipinski definition) is 1. The van der Waals surface area contributed by atoms with E-state index in [-0.39, 0.29) is 16.7 Å². The first kappa shape index (κ1) is 19.4. The summed E-state index contributed by atoms with van der Waals surface area (Å²) >= 11 is 0. The minimum Gasteiger partial charge on any atom is -0.492 e. The highest BCUT2D eigenvalue weighted by atomic mass is 32.2. The first-order valence-corrected chi connectivity index (χ1v) is 11.1. The average molecular weight is 413 g/mol. The van der Waals surface area contributed by atoms with Gasteiger partial charge in [0.2, 0.25) is 5.91 Å². The van der Waals surface area contributed by atoms with Crippen molar-refractivity contribution in [2.24, 2.45) is 10.3 Å². The summed E-state index contributed by atoms with van der Waals surface area (Å²) in [7, 11) is -3.66. The predicted octanol–water partition coefficient (Wildman–Crippen LogP) is 2.04. The second-order valence-electron chi connectivity index (χ2n) is 7.12. The van der Waals surface area contributed by atoms with Gasteiger partial charge in [0.25, 0.3) is 10.0 Å². The number of carbonyl (C=O) groups excluding carboxylic acids is 1. The number of amides is 1. The molecular formula is C21H23N3O4S. The number of hydrogen-bond acceptors (Lipinski definition) is 5. The highest BCUT2D eigenvalue weighted by Gasteiger charge is 2.35. The van der Waals surface area contributed by atoms with Gasteiger partial charge in [0.1, 0.15) is 17.3 Å². The third kappa shape index (κ3) is 4.27. The van der Waals surface area contributed by atoms with Crippen molar-refractivity contribution in [2.75, 3.05) is 26.2 Å². The molecule has 4 rings (SSSR count). The second kappa shape index (κ2) is 8.24. The van der Waals surface area contributed by atoms with Crippen molar-refractivity contribution in [1.29, 1.82) is 0 Å². The fraction of sp³-hybridized carbons (Fsp3) is 0.333. The molecule has 1 unspecified atom stereocenters. The van der Waals surface area contributed by atoms with Gasteiger partial charge in [-0.2, -0.15) is 8.42 Å². The molecule has 7 nitrogen and oxygen atoms in total. The molecule has 1 atom stereocenters.